The molecule has 0 fully saturated rings. The average molecular weight is 1360 g/mol. The van der Waals surface area contributed by atoms with Crippen molar-refractivity contribution in [1.29, 1.82) is 0 Å². The summed E-state index contributed by atoms with van der Waals surface area (Å²) >= 11 is 17.4. The van der Waals surface area contributed by atoms with Crippen LogP contribution in [0, 0.1) is 17.8 Å². The number of esters is 3. The van der Waals surface area contributed by atoms with Crippen molar-refractivity contribution < 1.29 is 83.3 Å². The topological polar surface area (TPSA) is 375 Å². The van der Waals surface area contributed by atoms with Crippen LogP contribution in [-0.2, 0) is 51.0 Å². The number of hydrogen-bond acceptors (Lipinski definition) is 20. The Balaban J connectivity index is 0.000000259. The maximum Gasteiger partial charge on any atom is 0.374 e. The van der Waals surface area contributed by atoms with E-state index in [2.05, 4.69) is 46.0 Å². The van der Waals surface area contributed by atoms with Crippen molar-refractivity contribution in [3.05, 3.63) is 166 Å². The number of ether oxygens (including phenoxy) is 3. The molecule has 2 aromatic heterocycles. The van der Waals surface area contributed by atoms with Crippen LogP contribution in [0.2, 0.25) is 16.9 Å². The van der Waals surface area contributed by atoms with Crippen molar-refractivity contribution in [2.75, 3.05) is 20.0 Å². The van der Waals surface area contributed by atoms with Crippen molar-refractivity contribution >= 4 is 106 Å². The number of aliphatic hydroxyl groups excluding tert-OH is 2. The maximum atomic E-state index is 13.3. The van der Waals surface area contributed by atoms with E-state index in [-0.39, 0.29) is 60.2 Å². The number of nitrogens with one attached hydrogen (secondary N) is 3. The lowest BCUT2D eigenvalue weighted by Crippen LogP contribution is -2.48. The number of benzene rings is 6. The van der Waals surface area contributed by atoms with Crippen molar-refractivity contribution in [2.24, 2.45) is 17.8 Å². The minimum Gasteiger partial charge on any atom is -0.479 e. The fraction of sp³-hybridized carbons (Fsp3) is 0.328. The molecule has 498 valence electrons. The zero-order valence-electron chi connectivity index (χ0n) is 51.8. The Morgan fingerprint density at radius 3 is 1.52 bits per heavy atom. The van der Waals surface area contributed by atoms with Gasteiger partial charge in [-0.2, -0.15) is 0 Å². The molecule has 0 aliphatic rings. The molecule has 30 heteroatoms. The molecule has 0 aliphatic carbocycles. The highest BCUT2D eigenvalue weighted by Gasteiger charge is 2.29. The van der Waals surface area contributed by atoms with Crippen LogP contribution in [-0.4, -0.2) is 160 Å². The van der Waals surface area contributed by atoms with Gasteiger partial charge >= 0.3 is 36.9 Å². The number of fused-ring (bicyclic) bond motifs is 2. The number of carbonyl (C=O) groups excluding carboxylic acids is 5. The zero-order valence-corrected chi connectivity index (χ0v) is 54.1. The van der Waals surface area contributed by atoms with Crippen molar-refractivity contribution in [3.8, 4) is 22.3 Å². The van der Waals surface area contributed by atoms with Crippen molar-refractivity contribution in [2.45, 2.75) is 97.0 Å². The molecule has 26 nitrogen and oxygen atoms in total. The number of nitrogens with zero attached hydrogens (tertiary/aromatic N) is 6. The van der Waals surface area contributed by atoms with Crippen LogP contribution >= 0.6 is 34.8 Å². The number of hydrogen-bond donors (Lipinski definition) is 9. The number of aliphatic hydroxyl groups is 2. The first-order chi connectivity index (χ1) is 44.7. The van der Waals surface area contributed by atoms with Gasteiger partial charge in [0.1, 0.15) is 28.1 Å². The molecule has 0 aliphatic heterocycles. The second-order valence-corrected chi connectivity index (χ2v) is 23.3. The number of methoxy groups -OCH3 is 1. The Labute approximate surface area is 555 Å². The third kappa shape index (κ3) is 22.2. The lowest BCUT2D eigenvalue weighted by atomic mass is 9.85. The molecular formula is C64H71BCl3N9O17. The molecule has 6 aromatic carbocycles. The summed E-state index contributed by atoms with van der Waals surface area (Å²) in [7, 11) is 0.496. The Kier molecular flexibility index (Phi) is 28.1. The highest BCUT2D eigenvalue weighted by molar-refractivity contribution is 6.46. The van der Waals surface area contributed by atoms with E-state index in [4.69, 9.17) is 54.5 Å². The van der Waals surface area contributed by atoms with Crippen LogP contribution in [0.3, 0.4) is 0 Å². The summed E-state index contributed by atoms with van der Waals surface area (Å²) in [6.45, 7) is 8.27. The van der Waals surface area contributed by atoms with Gasteiger partial charge in [-0.1, -0.05) is 145 Å². The van der Waals surface area contributed by atoms with E-state index in [9.17, 15) is 54.1 Å². The lowest BCUT2D eigenvalue weighted by molar-refractivity contribution is -0.167. The van der Waals surface area contributed by atoms with Crippen LogP contribution in [0.5, 0.6) is 0 Å². The van der Waals surface area contributed by atoms with Gasteiger partial charge in [0, 0.05) is 46.1 Å². The molecule has 0 unspecified atom stereocenters. The summed E-state index contributed by atoms with van der Waals surface area (Å²) < 4.78 is 14.5. The fourth-order valence-corrected chi connectivity index (χ4v) is 9.94. The first-order valence-corrected chi connectivity index (χ1v) is 30.6. The molecule has 8 rings (SSSR count). The first-order valence-electron chi connectivity index (χ1n) is 29.3. The molecule has 2 amide bonds. The van der Waals surface area contributed by atoms with E-state index in [1.807, 2.05) is 98.8 Å². The second-order valence-electron chi connectivity index (χ2n) is 22.2. The van der Waals surface area contributed by atoms with Gasteiger partial charge in [0.2, 0.25) is 0 Å². The van der Waals surface area contributed by atoms with Crippen LogP contribution in [0.4, 0.5) is 0 Å². The molecule has 0 spiro atoms. The molecule has 0 radical (unpaired) electrons. The van der Waals surface area contributed by atoms with E-state index >= 15 is 0 Å². The molecule has 9 N–H and O–H groups in total. The number of carboxylic acid groups (broad SMARTS) is 2. The van der Waals surface area contributed by atoms with Gasteiger partial charge in [-0.25, -0.2) is 9.59 Å². The zero-order chi connectivity index (χ0) is 68.8. The Hall–Kier alpha value is -9.22. The van der Waals surface area contributed by atoms with Gasteiger partial charge in [-0.3, -0.25) is 24.0 Å². The monoisotopic (exact) mass is 1350 g/mol. The van der Waals surface area contributed by atoms with Gasteiger partial charge in [0.05, 0.1) is 19.4 Å². The molecule has 0 bridgehead atoms. The van der Waals surface area contributed by atoms with E-state index < -0.39 is 91.8 Å². The second kappa shape index (κ2) is 35.7. The SMILES string of the molecule is CB(O)N[C@H](C(=O)OCCl)C(C)C.COC(=O)C[C@H](C(=O)OCOn1nnc2ccc(C(=O)N[C@H](Cc3ccc(-c4cccc(Cl)c4)cc3)C[C@@H](O)C(=O)O)cc21)C(C)C.O=C(N[C@H](Cc1ccc(-c2cccc(Cl)c2)cc1)C[C@@H](O)C(=O)O)c1ccc2nnn(O)c2c1. The van der Waals surface area contributed by atoms with E-state index in [0.29, 0.717) is 37.9 Å². The number of aromatic nitrogens is 6. The van der Waals surface area contributed by atoms with Crippen LogP contribution in [0.15, 0.2) is 133 Å². The minimum atomic E-state index is -1.70. The molecule has 0 saturated heterocycles. The quantitative estimate of drug-likeness (QED) is 0.00579. The first kappa shape index (κ1) is 73.8. The van der Waals surface area contributed by atoms with Gasteiger partial charge in [0.15, 0.2) is 18.3 Å². The molecule has 0 saturated carbocycles. The minimum absolute atomic E-state index is 0.0466. The van der Waals surface area contributed by atoms with Crippen molar-refractivity contribution in [1.82, 2.24) is 46.2 Å². The fourth-order valence-electron chi connectivity index (χ4n) is 9.45. The predicted molar refractivity (Wildman–Crippen MR) is 347 cm³/mol. The summed E-state index contributed by atoms with van der Waals surface area (Å²) in [5.41, 5.74) is 7.20. The van der Waals surface area contributed by atoms with Gasteiger partial charge in [-0.05, 0) is 136 Å². The normalized spacial score (nSPS) is 13.0. The highest BCUT2D eigenvalue weighted by Crippen LogP contribution is 2.26. The summed E-state index contributed by atoms with van der Waals surface area (Å²) in [5.74, 6) is -6.30. The lowest BCUT2D eigenvalue weighted by Gasteiger charge is -2.21. The average Bonchev–Trinajstić information content (AvgIpc) is 1.64. The summed E-state index contributed by atoms with van der Waals surface area (Å²) in [6, 6.07) is 36.9. The Morgan fingerprint density at radius 1 is 0.606 bits per heavy atom. The smallest absolute Gasteiger partial charge is 0.374 e. The number of halogens is 3. The molecule has 6 atom stereocenters. The van der Waals surface area contributed by atoms with Gasteiger partial charge < -0.3 is 65.6 Å². The number of carboxylic acids is 2. The molecule has 2 heterocycles. The van der Waals surface area contributed by atoms with Crippen molar-refractivity contribution in [3.63, 3.8) is 0 Å². The van der Waals surface area contributed by atoms with Gasteiger partial charge in [0.25, 0.3) is 18.6 Å². The Bertz CT molecular complexity index is 3880. The standard InChI is InChI=1S/C33H35ClN4O9.C24H21ClN4O5.C7H15BClNO3/c1-19(2)26(17-30(40)45-3)33(44)46-18-47-38-28-15-23(11-12-27(28)36-37-38)31(41)35-25(16-29(39)32(42)43)13-20-7-9-21(10-8-20)22-5-4-6-24(34)14-22;25-18-3-1-2-16(11-18)15-6-4-14(5-7-15)10-19(13-22(30)24(32)33)26-23(31)17-8-9-20-21(12-17)29(34)28-27-20;1-5(2)6(10-8(3)12)7(11)13-4-9/h4-12,14-15,19,25-26,29,39H,13,16-18H2,1-3H3,(H,35,41)(H,42,43);1-9,11-12,19,22,30,34H,10,13H2,(H,26,31)(H,32,33);5-6,10,12H,4H2,1-3H3/t25-,26+,29-;19-,22-;6-/m110/s1. The number of carbonyl (C=O) groups is 7. The van der Waals surface area contributed by atoms with Crippen LogP contribution in [0.25, 0.3) is 44.3 Å². The van der Waals surface area contributed by atoms with E-state index in [1.54, 1.807) is 44.9 Å². The molecular weight excluding hydrogens is 1280 g/mol. The Morgan fingerprint density at radius 2 is 1.09 bits per heavy atom. The van der Waals surface area contributed by atoms with Crippen LogP contribution in [0.1, 0.15) is 78.8 Å². The number of rotatable bonds is 28. The summed E-state index contributed by atoms with van der Waals surface area (Å²) in [4.78, 5) is 91.3. The third-order valence-corrected chi connectivity index (χ3v) is 15.0. The molecule has 94 heavy (non-hydrogen) atoms. The summed E-state index contributed by atoms with van der Waals surface area (Å²) in [5, 5.41) is 81.9. The number of alkyl halides is 1. The largest absolute Gasteiger partial charge is 0.479 e. The van der Waals surface area contributed by atoms with Gasteiger partial charge in [-0.15, -0.1) is 10.2 Å². The number of amides is 2. The maximum absolute atomic E-state index is 13.3. The van der Waals surface area contributed by atoms with Crippen LogP contribution < -0.4 is 20.7 Å². The van der Waals surface area contributed by atoms with E-state index in [0.717, 1.165) is 38.2 Å². The number of aliphatic carboxylic acids is 2. The highest BCUT2D eigenvalue weighted by atomic mass is 35.5. The summed E-state index contributed by atoms with van der Waals surface area (Å²) in [6.07, 6.45) is -3.35. The predicted octanol–water partition coefficient (Wildman–Crippen LogP) is 7.31. The third-order valence-electron chi connectivity index (χ3n) is 14.4. The van der Waals surface area contributed by atoms with E-state index in [1.165, 1.54) is 31.4 Å². The molecule has 8 aromatic rings.